The Hall–Kier alpha value is -0.280. The highest BCUT2D eigenvalue weighted by Gasteiger charge is 1.88. The van der Waals surface area contributed by atoms with E-state index in [0.717, 1.165) is 12.4 Å². The maximum atomic E-state index is 4.09. The first-order valence-corrected chi connectivity index (χ1v) is 3.89. The predicted molar refractivity (Wildman–Crippen MR) is 42.7 cm³/mol. The van der Waals surface area contributed by atoms with Crippen LogP contribution in [0.3, 0.4) is 0 Å². The van der Waals surface area contributed by atoms with Gasteiger partial charge in [-0.25, -0.2) is 4.72 Å². The van der Waals surface area contributed by atoms with Crippen molar-refractivity contribution in [3.63, 3.8) is 0 Å². The van der Waals surface area contributed by atoms with Gasteiger partial charge in [0.15, 0.2) is 0 Å². The molecule has 0 radical (unpaired) electrons. The van der Waals surface area contributed by atoms with Crippen LogP contribution in [0.2, 0.25) is 0 Å². The molecule has 0 aromatic carbocycles. The van der Waals surface area contributed by atoms with E-state index in [1.54, 1.807) is 11.9 Å². The Balaban J connectivity index is 2.49. The maximum absolute atomic E-state index is 4.09. The Labute approximate surface area is 59.6 Å². The van der Waals surface area contributed by atoms with Crippen LogP contribution < -0.4 is 4.72 Å². The number of hydrogen-bond donors (Lipinski definition) is 1. The Bertz CT molecular complexity index is 140. The summed E-state index contributed by atoms with van der Waals surface area (Å²) >= 11 is 1.69. The highest BCUT2D eigenvalue weighted by Crippen LogP contribution is 1.99. The third kappa shape index (κ3) is 2.67. The third-order valence-corrected chi connectivity index (χ3v) is 1.71. The van der Waals surface area contributed by atoms with Crippen molar-refractivity contribution < 1.29 is 0 Å². The minimum atomic E-state index is 0.732. The highest BCUT2D eigenvalue weighted by atomic mass is 32.2. The van der Waals surface area contributed by atoms with Crippen LogP contribution >= 0.6 is 11.9 Å². The summed E-state index contributed by atoms with van der Waals surface area (Å²) in [5.74, 6) is 1.04. The quantitative estimate of drug-likeness (QED) is 0.514. The Morgan fingerprint density at radius 3 is 3.56 bits per heavy atom. The topological polar surface area (TPSA) is 24.4 Å². The molecule has 50 valence electrons. The zero-order chi connectivity index (χ0) is 6.53. The Kier molecular flexibility index (Phi) is 2.80. The van der Waals surface area contributed by atoms with Gasteiger partial charge >= 0.3 is 0 Å². The van der Waals surface area contributed by atoms with E-state index in [-0.39, 0.29) is 0 Å². The van der Waals surface area contributed by atoms with Gasteiger partial charge < -0.3 is 0 Å². The number of hydrogen-bond acceptors (Lipinski definition) is 3. The molecule has 1 aliphatic heterocycles. The maximum Gasteiger partial charge on any atom is 0.0973 e. The van der Waals surface area contributed by atoms with Gasteiger partial charge in [0, 0.05) is 12.0 Å². The van der Waals surface area contributed by atoms with Crippen LogP contribution in [0.4, 0.5) is 0 Å². The summed E-state index contributed by atoms with van der Waals surface area (Å²) in [7, 11) is 0. The molecule has 0 aromatic heterocycles. The van der Waals surface area contributed by atoms with Gasteiger partial charge in [0.05, 0.1) is 6.67 Å². The Morgan fingerprint density at radius 1 is 1.78 bits per heavy atom. The van der Waals surface area contributed by atoms with E-state index < -0.39 is 0 Å². The van der Waals surface area contributed by atoms with Gasteiger partial charge in [-0.1, -0.05) is 18.0 Å². The monoisotopic (exact) mass is 142 g/mol. The van der Waals surface area contributed by atoms with E-state index in [9.17, 15) is 0 Å². The average Bonchev–Trinajstić information content (AvgIpc) is 1.79. The van der Waals surface area contributed by atoms with E-state index in [1.165, 1.54) is 5.57 Å². The van der Waals surface area contributed by atoms with Crippen LogP contribution in [0.5, 0.6) is 0 Å². The molecule has 3 heteroatoms. The van der Waals surface area contributed by atoms with Crippen molar-refractivity contribution in [1.82, 2.24) is 4.72 Å². The third-order valence-electron chi connectivity index (χ3n) is 1.04. The molecule has 0 saturated heterocycles. The number of allylic oxidation sites excluding steroid dienone is 1. The van der Waals surface area contributed by atoms with Crippen molar-refractivity contribution >= 4 is 18.2 Å². The van der Waals surface area contributed by atoms with Gasteiger partial charge in [-0.2, -0.15) is 0 Å². The second kappa shape index (κ2) is 3.69. The fourth-order valence-corrected chi connectivity index (χ4v) is 1.19. The van der Waals surface area contributed by atoms with Crippen molar-refractivity contribution in [2.75, 3.05) is 12.4 Å². The van der Waals surface area contributed by atoms with Gasteiger partial charge in [-0.15, -0.1) is 0 Å². The molecule has 0 spiro atoms. The lowest BCUT2D eigenvalue weighted by Gasteiger charge is -2.00. The van der Waals surface area contributed by atoms with Gasteiger partial charge in [0.25, 0.3) is 0 Å². The van der Waals surface area contributed by atoms with E-state index in [1.807, 2.05) is 6.21 Å². The van der Waals surface area contributed by atoms with Crippen LogP contribution in [0.1, 0.15) is 6.92 Å². The van der Waals surface area contributed by atoms with Crippen molar-refractivity contribution in [1.29, 1.82) is 0 Å². The second-order valence-electron chi connectivity index (χ2n) is 1.87. The fourth-order valence-electron chi connectivity index (χ4n) is 0.557. The molecular weight excluding hydrogens is 132 g/mol. The number of nitrogens with zero attached hydrogens (tertiary/aromatic N) is 1. The van der Waals surface area contributed by atoms with Crippen molar-refractivity contribution in [2.24, 2.45) is 4.99 Å². The second-order valence-corrected chi connectivity index (χ2v) is 2.78. The SMILES string of the molecule is CC1=CCSNCN=C1. The number of rotatable bonds is 0. The van der Waals surface area contributed by atoms with E-state index in [4.69, 9.17) is 0 Å². The van der Waals surface area contributed by atoms with E-state index in [0.29, 0.717) is 0 Å². The minimum absolute atomic E-state index is 0.732. The first-order chi connectivity index (χ1) is 4.39. The minimum Gasteiger partial charge on any atom is -0.277 e. The van der Waals surface area contributed by atoms with E-state index >= 15 is 0 Å². The van der Waals surface area contributed by atoms with Crippen LogP contribution in [0.25, 0.3) is 0 Å². The molecule has 9 heavy (non-hydrogen) atoms. The first-order valence-electron chi connectivity index (χ1n) is 2.91. The molecule has 1 aliphatic rings. The molecule has 1 rings (SSSR count). The van der Waals surface area contributed by atoms with Crippen molar-refractivity contribution in [3.05, 3.63) is 11.6 Å². The van der Waals surface area contributed by atoms with Crippen LogP contribution in [-0.4, -0.2) is 18.6 Å². The summed E-state index contributed by atoms with van der Waals surface area (Å²) in [5.41, 5.74) is 1.25. The summed E-state index contributed by atoms with van der Waals surface area (Å²) in [4.78, 5) is 4.09. The lowest BCUT2D eigenvalue weighted by Crippen LogP contribution is -2.05. The van der Waals surface area contributed by atoms with Gasteiger partial charge in [0.1, 0.15) is 0 Å². The lowest BCUT2D eigenvalue weighted by molar-refractivity contribution is 0.988. The standard InChI is InChI=1S/C6H10N2S/c1-6-2-3-9-8-5-7-4-6/h2,4,8H,3,5H2,1H3. The van der Waals surface area contributed by atoms with Crippen LogP contribution in [-0.2, 0) is 0 Å². The molecular formula is C6H10N2S. The molecule has 0 saturated carbocycles. The Morgan fingerprint density at radius 2 is 2.67 bits per heavy atom. The summed E-state index contributed by atoms with van der Waals surface area (Å²) in [6.07, 6.45) is 4.05. The molecule has 0 atom stereocenters. The zero-order valence-electron chi connectivity index (χ0n) is 5.42. The predicted octanol–water partition coefficient (Wildman–Crippen LogP) is 1.21. The molecule has 0 bridgehead atoms. The summed E-state index contributed by atoms with van der Waals surface area (Å²) < 4.78 is 3.08. The smallest absolute Gasteiger partial charge is 0.0973 e. The molecule has 0 amide bonds. The number of aliphatic imine (C=N–C) groups is 1. The van der Waals surface area contributed by atoms with Gasteiger partial charge in [0.2, 0.25) is 0 Å². The summed E-state index contributed by atoms with van der Waals surface area (Å²) in [6, 6.07) is 0. The van der Waals surface area contributed by atoms with Gasteiger partial charge in [-0.05, 0) is 12.5 Å². The molecule has 1 heterocycles. The van der Waals surface area contributed by atoms with Gasteiger partial charge in [-0.3, -0.25) is 4.99 Å². The lowest BCUT2D eigenvalue weighted by atomic mass is 10.3. The van der Waals surface area contributed by atoms with Crippen molar-refractivity contribution in [3.8, 4) is 0 Å². The normalized spacial score (nSPS) is 20.3. The molecule has 0 unspecified atom stereocenters. The first kappa shape index (κ1) is 6.83. The molecule has 0 fully saturated rings. The average molecular weight is 142 g/mol. The molecule has 2 nitrogen and oxygen atoms in total. The van der Waals surface area contributed by atoms with E-state index in [2.05, 4.69) is 22.7 Å². The summed E-state index contributed by atoms with van der Waals surface area (Å²) in [6.45, 7) is 2.80. The fraction of sp³-hybridized carbons (Fsp3) is 0.500. The molecule has 0 aliphatic carbocycles. The molecule has 0 aromatic rings. The largest absolute Gasteiger partial charge is 0.277 e. The van der Waals surface area contributed by atoms with Crippen molar-refractivity contribution in [2.45, 2.75) is 6.92 Å². The summed E-state index contributed by atoms with van der Waals surface area (Å²) in [5, 5.41) is 0. The van der Waals surface area contributed by atoms with Crippen LogP contribution in [0.15, 0.2) is 16.6 Å². The molecule has 1 N–H and O–H groups in total. The zero-order valence-corrected chi connectivity index (χ0v) is 6.24. The van der Waals surface area contributed by atoms with Crippen LogP contribution in [0, 0.1) is 0 Å². The number of nitrogens with one attached hydrogen (secondary N) is 1. The highest BCUT2D eigenvalue weighted by molar-refractivity contribution is 7.97.